The lowest BCUT2D eigenvalue weighted by molar-refractivity contribution is -0.137. The third-order valence-corrected chi connectivity index (χ3v) is 7.81. The lowest BCUT2D eigenvalue weighted by Crippen LogP contribution is -2.36. The monoisotopic (exact) mass is 446 g/mol. The van der Waals surface area contributed by atoms with Crippen molar-refractivity contribution >= 4 is 27.3 Å². The van der Waals surface area contributed by atoms with E-state index in [4.69, 9.17) is 0 Å². The second kappa shape index (κ2) is 8.45. The first-order valence-electron chi connectivity index (χ1n) is 9.16. The highest BCUT2D eigenvalue weighted by Crippen LogP contribution is 2.31. The summed E-state index contributed by atoms with van der Waals surface area (Å²) < 4.78 is 66.0. The number of sulfonamides is 1. The van der Waals surface area contributed by atoms with Gasteiger partial charge in [-0.3, -0.25) is 4.79 Å². The molecule has 3 rings (SSSR count). The molecule has 0 saturated carbocycles. The number of thiophene rings is 1. The predicted octanol–water partition coefficient (Wildman–Crippen LogP) is 4.43. The van der Waals surface area contributed by atoms with Gasteiger partial charge in [-0.15, -0.1) is 11.3 Å². The highest BCUT2D eigenvalue weighted by molar-refractivity contribution is 7.89. The van der Waals surface area contributed by atoms with E-state index in [9.17, 15) is 26.4 Å². The van der Waals surface area contributed by atoms with Gasteiger partial charge < -0.3 is 5.32 Å². The molecular formula is C19H21F3N2O3S2. The summed E-state index contributed by atoms with van der Waals surface area (Å²) in [6.45, 7) is 2.39. The molecule has 29 heavy (non-hydrogen) atoms. The summed E-state index contributed by atoms with van der Waals surface area (Å²) in [5.41, 5.74) is -0.522. The van der Waals surface area contributed by atoms with Crippen LogP contribution in [0.2, 0.25) is 0 Å². The van der Waals surface area contributed by atoms with E-state index in [1.807, 2.05) is 0 Å². The predicted molar refractivity (Wildman–Crippen MR) is 104 cm³/mol. The van der Waals surface area contributed by atoms with Gasteiger partial charge in [0.1, 0.15) is 9.77 Å². The Bertz CT molecular complexity index is 981. The number of amides is 1. The smallest absolute Gasteiger partial charge is 0.345 e. The summed E-state index contributed by atoms with van der Waals surface area (Å²) in [5, 5.41) is 4.14. The minimum absolute atomic E-state index is 0.0365. The number of carbonyl (C=O) groups excluding carboxylic acids is 1. The molecule has 0 aliphatic carbocycles. The maximum Gasteiger partial charge on any atom is 0.416 e. The van der Waals surface area contributed by atoms with Gasteiger partial charge in [0.25, 0.3) is 5.91 Å². The Balaban J connectivity index is 1.80. The van der Waals surface area contributed by atoms with Crippen molar-refractivity contribution in [2.24, 2.45) is 0 Å². The van der Waals surface area contributed by atoms with Crippen molar-refractivity contribution in [3.05, 3.63) is 51.7 Å². The molecule has 158 valence electrons. The van der Waals surface area contributed by atoms with Crippen LogP contribution in [-0.2, 0) is 16.2 Å². The van der Waals surface area contributed by atoms with E-state index in [0.717, 1.165) is 42.7 Å². The first-order chi connectivity index (χ1) is 13.6. The Morgan fingerprint density at radius 1 is 1.17 bits per heavy atom. The van der Waals surface area contributed by atoms with Crippen LogP contribution in [0.4, 0.5) is 13.2 Å². The van der Waals surface area contributed by atoms with Crippen molar-refractivity contribution in [2.75, 3.05) is 13.1 Å². The zero-order valence-electron chi connectivity index (χ0n) is 15.7. The lowest BCUT2D eigenvalue weighted by Gasteiger charge is -2.26. The van der Waals surface area contributed by atoms with Crippen molar-refractivity contribution in [1.82, 2.24) is 9.62 Å². The van der Waals surface area contributed by atoms with Crippen molar-refractivity contribution in [3.8, 4) is 0 Å². The molecule has 1 aliphatic rings. The third kappa shape index (κ3) is 4.81. The molecule has 0 spiro atoms. The second-order valence-electron chi connectivity index (χ2n) is 6.90. The molecule has 1 aliphatic heterocycles. The zero-order valence-corrected chi connectivity index (χ0v) is 17.3. The molecule has 0 radical (unpaired) electrons. The highest BCUT2D eigenvalue weighted by Gasteiger charge is 2.32. The maximum absolute atomic E-state index is 12.9. The molecule has 1 aromatic carbocycles. The van der Waals surface area contributed by atoms with Crippen LogP contribution in [0.15, 0.2) is 40.6 Å². The molecule has 1 amide bonds. The summed E-state index contributed by atoms with van der Waals surface area (Å²) in [7, 11) is -3.79. The van der Waals surface area contributed by atoms with Crippen molar-refractivity contribution in [3.63, 3.8) is 0 Å². The van der Waals surface area contributed by atoms with Crippen LogP contribution in [0.1, 0.15) is 53.0 Å². The average molecular weight is 447 g/mol. The summed E-state index contributed by atoms with van der Waals surface area (Å²) in [5.74, 6) is -0.625. The fraction of sp³-hybridized carbons (Fsp3) is 0.421. The van der Waals surface area contributed by atoms with E-state index in [1.54, 1.807) is 6.92 Å². The Kier molecular flexibility index (Phi) is 6.35. The van der Waals surface area contributed by atoms with Gasteiger partial charge in [-0.1, -0.05) is 18.6 Å². The summed E-state index contributed by atoms with van der Waals surface area (Å²) >= 11 is 0.995. The molecule has 2 heterocycles. The first-order valence-corrected chi connectivity index (χ1v) is 11.5. The van der Waals surface area contributed by atoms with Gasteiger partial charge in [0.05, 0.1) is 11.6 Å². The fourth-order valence-corrected chi connectivity index (χ4v) is 6.06. The van der Waals surface area contributed by atoms with E-state index in [1.165, 1.54) is 27.9 Å². The standard InChI is InChI=1S/C19H21F3N2O3S2/c1-13(14-6-5-7-15(12-14)19(20,21)22)23-18(25)17-16(8-11-28-17)29(26,27)24-9-3-2-4-10-24/h5-8,11-13H,2-4,9-10H2,1H3,(H,23,25). The van der Waals surface area contributed by atoms with Crippen LogP contribution in [0.25, 0.3) is 0 Å². The number of nitrogens with one attached hydrogen (secondary N) is 1. The molecule has 1 N–H and O–H groups in total. The van der Waals surface area contributed by atoms with E-state index in [2.05, 4.69) is 5.32 Å². The van der Waals surface area contributed by atoms with E-state index >= 15 is 0 Å². The molecule has 1 aromatic heterocycles. The molecule has 1 unspecified atom stereocenters. The van der Waals surface area contributed by atoms with Crippen LogP contribution in [0.3, 0.4) is 0 Å². The normalized spacial score (nSPS) is 17.1. The second-order valence-corrected chi connectivity index (χ2v) is 9.72. The summed E-state index contributed by atoms with van der Waals surface area (Å²) in [6.07, 6.45) is -1.96. The van der Waals surface area contributed by atoms with Crippen molar-refractivity contribution < 1.29 is 26.4 Å². The number of piperidine rings is 1. The average Bonchev–Trinajstić information content (AvgIpc) is 3.19. The summed E-state index contributed by atoms with van der Waals surface area (Å²) in [4.78, 5) is 12.7. The van der Waals surface area contributed by atoms with Crippen molar-refractivity contribution in [1.29, 1.82) is 0 Å². The van der Waals surface area contributed by atoms with Gasteiger partial charge in [-0.05, 0) is 48.9 Å². The third-order valence-electron chi connectivity index (χ3n) is 4.83. The van der Waals surface area contributed by atoms with Gasteiger partial charge in [0.15, 0.2) is 0 Å². The molecule has 5 nitrogen and oxygen atoms in total. The minimum Gasteiger partial charge on any atom is -0.345 e. The molecule has 10 heteroatoms. The number of nitrogens with zero attached hydrogens (tertiary/aromatic N) is 1. The molecule has 0 bridgehead atoms. The van der Waals surface area contributed by atoms with Gasteiger partial charge >= 0.3 is 6.18 Å². The Labute approximate surface area is 171 Å². The minimum atomic E-state index is -4.48. The Hall–Kier alpha value is -1.91. The zero-order chi connectivity index (χ0) is 21.2. The maximum atomic E-state index is 12.9. The molecule has 1 fully saturated rings. The van der Waals surface area contributed by atoms with Gasteiger partial charge in [0.2, 0.25) is 10.0 Å². The molecule has 2 aromatic rings. The number of hydrogen-bond acceptors (Lipinski definition) is 4. The SMILES string of the molecule is CC(NC(=O)c1sccc1S(=O)(=O)N1CCCCC1)c1cccc(C(F)(F)F)c1. The number of carbonyl (C=O) groups is 1. The molecular weight excluding hydrogens is 425 g/mol. The fourth-order valence-electron chi connectivity index (χ4n) is 3.24. The topological polar surface area (TPSA) is 66.5 Å². The number of benzene rings is 1. The molecule has 1 atom stereocenters. The van der Waals surface area contributed by atoms with Gasteiger partial charge in [0, 0.05) is 13.1 Å². The number of rotatable bonds is 5. The van der Waals surface area contributed by atoms with E-state index in [-0.39, 0.29) is 15.3 Å². The number of halogens is 3. The van der Waals surface area contributed by atoms with E-state index < -0.39 is 33.7 Å². The number of hydrogen-bond donors (Lipinski definition) is 1. The highest BCUT2D eigenvalue weighted by atomic mass is 32.2. The van der Waals surface area contributed by atoms with Crippen LogP contribution in [-0.4, -0.2) is 31.7 Å². The first kappa shape index (κ1) is 21.8. The Morgan fingerprint density at radius 2 is 1.86 bits per heavy atom. The number of alkyl halides is 3. The largest absolute Gasteiger partial charge is 0.416 e. The van der Waals surface area contributed by atoms with Crippen LogP contribution in [0, 0.1) is 0 Å². The van der Waals surface area contributed by atoms with Crippen molar-refractivity contribution in [2.45, 2.75) is 43.3 Å². The van der Waals surface area contributed by atoms with Crippen LogP contribution >= 0.6 is 11.3 Å². The van der Waals surface area contributed by atoms with Crippen LogP contribution < -0.4 is 5.32 Å². The molecule has 1 saturated heterocycles. The van der Waals surface area contributed by atoms with Crippen LogP contribution in [0.5, 0.6) is 0 Å². The Morgan fingerprint density at radius 3 is 2.52 bits per heavy atom. The van der Waals surface area contributed by atoms with Gasteiger partial charge in [-0.25, -0.2) is 8.42 Å². The van der Waals surface area contributed by atoms with E-state index in [0.29, 0.717) is 13.1 Å². The quantitative estimate of drug-likeness (QED) is 0.739. The van der Waals surface area contributed by atoms with Gasteiger partial charge in [-0.2, -0.15) is 17.5 Å². The summed E-state index contributed by atoms with van der Waals surface area (Å²) in [6, 6.07) is 5.37. The lowest BCUT2D eigenvalue weighted by atomic mass is 10.0.